The Balaban J connectivity index is 2.99. The molecule has 1 unspecified atom stereocenters. The maximum absolute atomic E-state index is 9.06. The summed E-state index contributed by atoms with van der Waals surface area (Å²) in [6.45, 7) is 1.67. The summed E-state index contributed by atoms with van der Waals surface area (Å²) in [4.78, 5) is 0. The molecule has 15 heavy (non-hydrogen) atoms. The molecule has 1 rings (SSSR count). The Morgan fingerprint density at radius 3 is 2.80 bits per heavy atom. The van der Waals surface area contributed by atoms with Crippen molar-refractivity contribution in [2.24, 2.45) is 0 Å². The fraction of sp³-hybridized carbons (Fsp3) is 0.250. The van der Waals surface area contributed by atoms with E-state index in [4.69, 9.17) is 15.1 Å². The second-order valence-corrected chi connectivity index (χ2v) is 3.17. The normalized spacial score (nSPS) is 12.4. The van der Waals surface area contributed by atoms with E-state index >= 15 is 0 Å². The Morgan fingerprint density at radius 1 is 1.53 bits per heavy atom. The van der Waals surface area contributed by atoms with Crippen molar-refractivity contribution in [2.75, 3.05) is 7.11 Å². The first-order chi connectivity index (χ1) is 7.17. The molecule has 3 nitrogen and oxygen atoms in total. The van der Waals surface area contributed by atoms with Gasteiger partial charge in [-0.05, 0) is 24.6 Å². The Morgan fingerprint density at radius 2 is 2.27 bits per heavy atom. The Labute approximate surface area is 89.2 Å². The summed E-state index contributed by atoms with van der Waals surface area (Å²) < 4.78 is 5.02. The van der Waals surface area contributed by atoms with Gasteiger partial charge >= 0.3 is 0 Å². The summed E-state index contributed by atoms with van der Waals surface area (Å²) >= 11 is 0. The summed E-state index contributed by atoms with van der Waals surface area (Å²) in [6, 6.07) is 7.34. The minimum Gasteiger partial charge on any atom is -0.495 e. The number of benzene rings is 1. The molecule has 1 atom stereocenters. The zero-order chi connectivity index (χ0) is 11.3. The molecule has 0 aliphatic rings. The van der Waals surface area contributed by atoms with Crippen LogP contribution in [0.2, 0.25) is 0 Å². The third-order valence-corrected chi connectivity index (χ3v) is 1.91. The highest BCUT2D eigenvalue weighted by Crippen LogP contribution is 2.19. The number of hydrogen-bond donors (Lipinski definition) is 1. The maximum atomic E-state index is 9.06. The van der Waals surface area contributed by atoms with E-state index in [0.717, 1.165) is 5.56 Å². The van der Waals surface area contributed by atoms with Crippen LogP contribution in [0.3, 0.4) is 0 Å². The highest BCUT2D eigenvalue weighted by Gasteiger charge is 2.01. The van der Waals surface area contributed by atoms with Crippen LogP contribution in [-0.2, 0) is 0 Å². The van der Waals surface area contributed by atoms with E-state index in [1.807, 2.05) is 6.07 Å². The average Bonchev–Trinajstić information content (AvgIpc) is 2.25. The molecule has 0 aliphatic carbocycles. The summed E-state index contributed by atoms with van der Waals surface area (Å²) in [5, 5.41) is 17.9. The highest BCUT2D eigenvalue weighted by atomic mass is 16.5. The van der Waals surface area contributed by atoms with Gasteiger partial charge in [-0.3, -0.25) is 0 Å². The SMILES string of the molecule is COc1ccc(/C=C/C(C)O)cc1C#N. The fourth-order valence-electron chi connectivity index (χ4n) is 1.17. The number of rotatable bonds is 3. The van der Waals surface area contributed by atoms with Gasteiger partial charge in [-0.15, -0.1) is 0 Å². The second kappa shape index (κ2) is 5.18. The lowest BCUT2D eigenvalue weighted by atomic mass is 10.1. The Kier molecular flexibility index (Phi) is 3.90. The lowest BCUT2D eigenvalue weighted by Crippen LogP contribution is -1.92. The molecule has 1 N–H and O–H groups in total. The zero-order valence-corrected chi connectivity index (χ0v) is 8.77. The Bertz CT molecular complexity index is 403. The van der Waals surface area contributed by atoms with Gasteiger partial charge in [0.15, 0.2) is 0 Å². The van der Waals surface area contributed by atoms with Crippen LogP contribution in [0.5, 0.6) is 5.75 Å². The molecule has 0 fully saturated rings. The van der Waals surface area contributed by atoms with Gasteiger partial charge in [-0.1, -0.05) is 18.2 Å². The van der Waals surface area contributed by atoms with E-state index in [1.54, 1.807) is 31.2 Å². The molecule has 0 amide bonds. The van der Waals surface area contributed by atoms with Gasteiger partial charge in [0.2, 0.25) is 0 Å². The summed E-state index contributed by atoms with van der Waals surface area (Å²) in [5.41, 5.74) is 1.36. The summed E-state index contributed by atoms with van der Waals surface area (Å²) in [7, 11) is 1.53. The van der Waals surface area contributed by atoms with Crippen molar-refractivity contribution in [2.45, 2.75) is 13.0 Å². The molecular formula is C12H13NO2. The molecule has 0 bridgehead atoms. The molecule has 1 aromatic rings. The fourth-order valence-corrected chi connectivity index (χ4v) is 1.17. The van der Waals surface area contributed by atoms with Crippen molar-refractivity contribution in [1.82, 2.24) is 0 Å². The summed E-state index contributed by atoms with van der Waals surface area (Å²) in [6.07, 6.45) is 2.94. The molecule has 0 aromatic heterocycles. The number of methoxy groups -OCH3 is 1. The van der Waals surface area contributed by atoms with Crippen LogP contribution in [0.15, 0.2) is 24.3 Å². The largest absolute Gasteiger partial charge is 0.495 e. The smallest absolute Gasteiger partial charge is 0.136 e. The van der Waals surface area contributed by atoms with Crippen LogP contribution < -0.4 is 4.74 Å². The maximum Gasteiger partial charge on any atom is 0.136 e. The van der Waals surface area contributed by atoms with E-state index in [-0.39, 0.29) is 0 Å². The van der Waals surface area contributed by atoms with Crippen LogP contribution >= 0.6 is 0 Å². The predicted octanol–water partition coefficient (Wildman–Crippen LogP) is 1.96. The number of ether oxygens (including phenoxy) is 1. The number of nitriles is 1. The van der Waals surface area contributed by atoms with Gasteiger partial charge in [0.05, 0.1) is 18.8 Å². The molecule has 0 saturated carbocycles. The van der Waals surface area contributed by atoms with E-state index in [0.29, 0.717) is 11.3 Å². The van der Waals surface area contributed by atoms with Crippen molar-refractivity contribution in [3.8, 4) is 11.8 Å². The number of hydrogen-bond acceptors (Lipinski definition) is 3. The standard InChI is InChI=1S/C12H13NO2/c1-9(14)3-4-10-5-6-12(15-2)11(7-10)8-13/h3-7,9,14H,1-2H3/b4-3+. The molecule has 0 heterocycles. The number of nitrogens with zero attached hydrogens (tertiary/aromatic N) is 1. The molecule has 0 aliphatic heterocycles. The van der Waals surface area contributed by atoms with E-state index in [2.05, 4.69) is 6.07 Å². The van der Waals surface area contributed by atoms with Gasteiger partial charge < -0.3 is 9.84 Å². The van der Waals surface area contributed by atoms with E-state index in [9.17, 15) is 0 Å². The van der Waals surface area contributed by atoms with Crippen molar-refractivity contribution >= 4 is 6.08 Å². The third-order valence-electron chi connectivity index (χ3n) is 1.91. The van der Waals surface area contributed by atoms with Crippen LogP contribution in [0, 0.1) is 11.3 Å². The van der Waals surface area contributed by atoms with Crippen LogP contribution in [-0.4, -0.2) is 18.3 Å². The van der Waals surface area contributed by atoms with Crippen LogP contribution in [0.25, 0.3) is 6.08 Å². The number of aliphatic hydroxyl groups excluding tert-OH is 1. The van der Waals surface area contributed by atoms with Crippen LogP contribution in [0.1, 0.15) is 18.1 Å². The summed E-state index contributed by atoms with van der Waals surface area (Å²) in [5.74, 6) is 0.562. The van der Waals surface area contributed by atoms with Gasteiger partial charge in [-0.2, -0.15) is 5.26 Å². The zero-order valence-electron chi connectivity index (χ0n) is 8.77. The first-order valence-corrected chi connectivity index (χ1v) is 4.61. The Hall–Kier alpha value is -1.79. The van der Waals surface area contributed by atoms with Gasteiger partial charge in [0.1, 0.15) is 11.8 Å². The van der Waals surface area contributed by atoms with E-state index < -0.39 is 6.10 Å². The molecule has 3 heteroatoms. The molecule has 0 radical (unpaired) electrons. The monoisotopic (exact) mass is 203 g/mol. The average molecular weight is 203 g/mol. The van der Waals surface area contributed by atoms with Crippen molar-refractivity contribution in [3.63, 3.8) is 0 Å². The molecule has 1 aromatic carbocycles. The minimum atomic E-state index is -0.488. The van der Waals surface area contributed by atoms with Gasteiger partial charge in [0, 0.05) is 0 Å². The van der Waals surface area contributed by atoms with Gasteiger partial charge in [-0.25, -0.2) is 0 Å². The van der Waals surface area contributed by atoms with Crippen molar-refractivity contribution in [1.29, 1.82) is 5.26 Å². The first kappa shape index (κ1) is 11.3. The minimum absolute atomic E-state index is 0.488. The van der Waals surface area contributed by atoms with Crippen molar-refractivity contribution < 1.29 is 9.84 Å². The lowest BCUT2D eigenvalue weighted by molar-refractivity contribution is 0.245. The third kappa shape index (κ3) is 3.12. The molecule has 78 valence electrons. The first-order valence-electron chi connectivity index (χ1n) is 4.61. The predicted molar refractivity (Wildman–Crippen MR) is 58.4 cm³/mol. The molecule has 0 spiro atoms. The lowest BCUT2D eigenvalue weighted by Gasteiger charge is -2.03. The molecular weight excluding hydrogens is 190 g/mol. The molecule has 0 saturated heterocycles. The topological polar surface area (TPSA) is 53.2 Å². The van der Waals surface area contributed by atoms with Crippen LogP contribution in [0.4, 0.5) is 0 Å². The van der Waals surface area contributed by atoms with E-state index in [1.165, 1.54) is 7.11 Å². The highest BCUT2D eigenvalue weighted by molar-refractivity contribution is 5.56. The van der Waals surface area contributed by atoms with Crippen molar-refractivity contribution in [3.05, 3.63) is 35.4 Å². The van der Waals surface area contributed by atoms with Gasteiger partial charge in [0.25, 0.3) is 0 Å². The second-order valence-electron chi connectivity index (χ2n) is 3.17. The quantitative estimate of drug-likeness (QED) is 0.817. The number of aliphatic hydroxyl groups is 1.